The van der Waals surface area contributed by atoms with Gasteiger partial charge >= 0.3 is 0 Å². The summed E-state index contributed by atoms with van der Waals surface area (Å²) in [5, 5.41) is 20.3. The quantitative estimate of drug-likeness (QED) is 0.668. The number of aromatic nitrogens is 4. The molecule has 0 amide bonds. The summed E-state index contributed by atoms with van der Waals surface area (Å²) >= 11 is 0. The number of ether oxygens (including phenoxy) is 1. The van der Waals surface area contributed by atoms with Crippen molar-refractivity contribution in [2.45, 2.75) is 24.5 Å². The summed E-state index contributed by atoms with van der Waals surface area (Å²) < 4.78 is 7.34. The van der Waals surface area contributed by atoms with Gasteiger partial charge in [0.2, 0.25) is 0 Å². The van der Waals surface area contributed by atoms with Crippen molar-refractivity contribution in [2.75, 3.05) is 17.7 Å². The van der Waals surface area contributed by atoms with Crippen molar-refractivity contribution >= 4 is 38.6 Å². The van der Waals surface area contributed by atoms with Gasteiger partial charge in [-0.3, -0.25) is 4.57 Å². The summed E-state index contributed by atoms with van der Waals surface area (Å²) in [6, 6.07) is 0. The van der Waals surface area contributed by atoms with E-state index in [-0.39, 0.29) is 5.82 Å². The number of fused-ring (bicyclic) bond motifs is 1. The molecule has 0 aliphatic carbocycles. The summed E-state index contributed by atoms with van der Waals surface area (Å²) in [4.78, 5) is 12.1. The first-order chi connectivity index (χ1) is 10.1. The Bertz CT molecular complexity index is 639. The monoisotopic (exact) mass is 329 g/mol. The molecule has 1 aliphatic rings. The Morgan fingerprint density at radius 1 is 1.33 bits per heavy atom. The van der Waals surface area contributed by atoms with Gasteiger partial charge in [0.25, 0.3) is 0 Å². The van der Waals surface area contributed by atoms with Crippen LogP contribution < -0.4 is 5.73 Å². The second-order valence-electron chi connectivity index (χ2n) is 4.58. The predicted molar refractivity (Wildman–Crippen MR) is 81.6 cm³/mol. The molecule has 0 saturated carbocycles. The number of aliphatic hydroxyl groups is 2. The molecule has 0 radical (unpaired) electrons. The van der Waals surface area contributed by atoms with Gasteiger partial charge in [-0.2, -0.15) is 0 Å². The van der Waals surface area contributed by atoms with E-state index in [2.05, 4.69) is 15.0 Å². The Hall–Kier alpha value is -1.07. The maximum Gasteiger partial charge on any atom is 0.167 e. The Morgan fingerprint density at radius 2 is 2.14 bits per heavy atom. The van der Waals surface area contributed by atoms with E-state index in [4.69, 9.17) is 10.5 Å². The van der Waals surface area contributed by atoms with Crippen molar-refractivity contribution in [2.24, 2.45) is 0 Å². The van der Waals surface area contributed by atoms with E-state index in [1.54, 1.807) is 26.2 Å². The van der Waals surface area contributed by atoms with Crippen molar-refractivity contribution in [3.8, 4) is 0 Å². The molecule has 0 bridgehead atoms. The van der Waals surface area contributed by atoms with Gasteiger partial charge in [0, 0.05) is 5.75 Å². The van der Waals surface area contributed by atoms with Gasteiger partial charge < -0.3 is 20.7 Å². The Kier molecular flexibility index (Phi) is 4.22. The van der Waals surface area contributed by atoms with Crippen LogP contribution in [0.4, 0.5) is 5.82 Å². The van der Waals surface area contributed by atoms with Crippen LogP contribution in [0.3, 0.4) is 0 Å². The molecule has 3 rings (SSSR count). The third kappa shape index (κ3) is 2.57. The zero-order chi connectivity index (χ0) is 15.0. The number of anilines is 1. The normalized spacial score (nSPS) is 29.3. The fourth-order valence-electron chi connectivity index (χ4n) is 2.29. The highest BCUT2D eigenvalue weighted by Crippen LogP contribution is 2.34. The first-order valence-corrected chi connectivity index (χ1v) is 8.96. The third-order valence-electron chi connectivity index (χ3n) is 3.35. The lowest BCUT2D eigenvalue weighted by atomic mass is 10.1. The number of nitrogens with zero attached hydrogens (tertiary/aromatic N) is 4. The van der Waals surface area contributed by atoms with Crippen LogP contribution in [0, 0.1) is 0 Å². The molecule has 8 nitrogen and oxygen atoms in total. The second-order valence-corrected chi connectivity index (χ2v) is 7.19. The lowest BCUT2D eigenvalue weighted by molar-refractivity contribution is -0.0288. The molecule has 10 heteroatoms. The van der Waals surface area contributed by atoms with Crippen LogP contribution in [0.15, 0.2) is 12.7 Å². The van der Waals surface area contributed by atoms with Gasteiger partial charge in [-0.15, -0.1) is 0 Å². The number of hydrogen-bond donors (Lipinski definition) is 3. The molecule has 1 fully saturated rings. The van der Waals surface area contributed by atoms with E-state index in [0.29, 0.717) is 16.9 Å². The summed E-state index contributed by atoms with van der Waals surface area (Å²) in [5.74, 6) is 0.848. The van der Waals surface area contributed by atoms with Gasteiger partial charge in [0.05, 0.1) is 12.4 Å². The van der Waals surface area contributed by atoms with E-state index in [0.717, 1.165) is 0 Å². The second kappa shape index (κ2) is 5.97. The van der Waals surface area contributed by atoms with Gasteiger partial charge in [0.1, 0.15) is 24.1 Å². The van der Waals surface area contributed by atoms with Crippen molar-refractivity contribution < 1.29 is 14.9 Å². The topological polar surface area (TPSA) is 119 Å². The van der Waals surface area contributed by atoms with Crippen molar-refractivity contribution in [3.63, 3.8) is 0 Å². The molecule has 1 aliphatic heterocycles. The average molecular weight is 329 g/mol. The lowest BCUT2D eigenvalue weighted by Gasteiger charge is -2.16. The summed E-state index contributed by atoms with van der Waals surface area (Å²) in [7, 11) is 3.15. The molecule has 4 atom stereocenters. The zero-order valence-corrected chi connectivity index (χ0v) is 12.8. The highest BCUT2D eigenvalue weighted by Gasteiger charge is 2.44. The predicted octanol–water partition coefficient (Wildman–Crippen LogP) is 0.0389. The molecule has 0 spiro atoms. The van der Waals surface area contributed by atoms with Crippen LogP contribution in [-0.4, -0.2) is 60.1 Å². The minimum Gasteiger partial charge on any atom is -0.387 e. The van der Waals surface area contributed by atoms with Crippen molar-refractivity contribution in [3.05, 3.63) is 12.7 Å². The number of imidazole rings is 1. The minimum atomic E-state index is -1.05. The molecule has 2 aromatic heterocycles. The molecule has 3 heterocycles. The van der Waals surface area contributed by atoms with Gasteiger partial charge in [-0.05, 0) is 6.26 Å². The van der Waals surface area contributed by atoms with E-state index in [1.165, 1.54) is 12.7 Å². The Balaban J connectivity index is 1.90. The molecule has 0 aromatic carbocycles. The van der Waals surface area contributed by atoms with E-state index < -0.39 is 24.5 Å². The molecule has 1 saturated heterocycles. The van der Waals surface area contributed by atoms with Crippen LogP contribution in [0.5, 0.6) is 0 Å². The highest BCUT2D eigenvalue weighted by molar-refractivity contribution is 8.76. The van der Waals surface area contributed by atoms with Crippen LogP contribution in [0.1, 0.15) is 6.23 Å². The molecule has 1 unspecified atom stereocenters. The van der Waals surface area contributed by atoms with Gasteiger partial charge in [-0.1, -0.05) is 21.6 Å². The van der Waals surface area contributed by atoms with E-state index in [1.807, 2.05) is 6.26 Å². The van der Waals surface area contributed by atoms with Gasteiger partial charge in [0.15, 0.2) is 17.7 Å². The standard InChI is InChI=1S/C11H15N5O3S2/c1-20-21-2-5-7(17)8(18)11(19-5)16-4-15-6-9(12)13-3-14-10(6)16/h3-5,7-8,11,17-18H,2H2,1H3,(H2,12,13,14)/t5-,7-,8-,11?/m1/s1. The fraction of sp³-hybridized carbons (Fsp3) is 0.545. The Labute approximate surface area is 128 Å². The van der Waals surface area contributed by atoms with Crippen molar-refractivity contribution in [1.82, 2.24) is 19.5 Å². The first-order valence-electron chi connectivity index (χ1n) is 6.23. The first kappa shape index (κ1) is 14.9. The summed E-state index contributed by atoms with van der Waals surface area (Å²) in [5.41, 5.74) is 6.66. The fourth-order valence-corrected chi connectivity index (χ4v) is 3.64. The molecule has 114 valence electrons. The molecular weight excluding hydrogens is 314 g/mol. The molecular formula is C11H15N5O3S2. The largest absolute Gasteiger partial charge is 0.387 e. The van der Waals surface area contributed by atoms with Crippen LogP contribution in [0.2, 0.25) is 0 Å². The number of hydrogen-bond acceptors (Lipinski definition) is 9. The van der Waals surface area contributed by atoms with Gasteiger partial charge in [-0.25, -0.2) is 15.0 Å². The number of rotatable bonds is 4. The van der Waals surface area contributed by atoms with E-state index >= 15 is 0 Å². The Morgan fingerprint density at radius 3 is 2.90 bits per heavy atom. The number of nitrogens with two attached hydrogens (primary N) is 1. The number of nitrogen functional groups attached to an aromatic ring is 1. The molecule has 2 aromatic rings. The van der Waals surface area contributed by atoms with Crippen LogP contribution in [0.25, 0.3) is 11.2 Å². The van der Waals surface area contributed by atoms with E-state index in [9.17, 15) is 10.2 Å². The summed E-state index contributed by atoms with van der Waals surface area (Å²) in [6.45, 7) is 0. The summed E-state index contributed by atoms with van der Waals surface area (Å²) in [6.07, 6.45) is 1.57. The maximum absolute atomic E-state index is 10.2. The smallest absolute Gasteiger partial charge is 0.167 e. The van der Waals surface area contributed by atoms with Crippen LogP contribution in [-0.2, 0) is 4.74 Å². The zero-order valence-electron chi connectivity index (χ0n) is 11.2. The minimum absolute atomic E-state index is 0.265. The highest BCUT2D eigenvalue weighted by atomic mass is 33.1. The van der Waals surface area contributed by atoms with Crippen molar-refractivity contribution in [1.29, 1.82) is 0 Å². The SMILES string of the molecule is CSSC[C@H]1OC(n2cnc3c(N)ncnc32)[C@H](O)[C@@H]1O. The molecule has 21 heavy (non-hydrogen) atoms. The lowest BCUT2D eigenvalue weighted by Crippen LogP contribution is -2.32. The van der Waals surface area contributed by atoms with Crippen LogP contribution >= 0.6 is 21.6 Å². The molecule has 4 N–H and O–H groups in total. The average Bonchev–Trinajstić information content (AvgIpc) is 3.02. The third-order valence-corrected chi connectivity index (χ3v) is 5.16. The maximum atomic E-state index is 10.2. The number of aliphatic hydroxyl groups excluding tert-OH is 2.